The van der Waals surface area contributed by atoms with Crippen LogP contribution in [0.15, 0.2) is 42.7 Å². The molecule has 2 amide bonds. The molecule has 0 saturated carbocycles. The highest BCUT2D eigenvalue weighted by Gasteiger charge is 2.20. The van der Waals surface area contributed by atoms with Crippen LogP contribution < -0.4 is 29.9 Å². The molecule has 0 unspecified atom stereocenters. The van der Waals surface area contributed by atoms with Crippen molar-refractivity contribution in [2.75, 3.05) is 74.4 Å². The molecule has 2 heterocycles. The van der Waals surface area contributed by atoms with E-state index in [0.29, 0.717) is 28.8 Å². The van der Waals surface area contributed by atoms with E-state index < -0.39 is 0 Å². The maximum Gasteiger partial charge on any atom is 0.327 e. The van der Waals surface area contributed by atoms with E-state index in [-0.39, 0.29) is 6.03 Å². The van der Waals surface area contributed by atoms with Gasteiger partial charge >= 0.3 is 6.03 Å². The van der Waals surface area contributed by atoms with Crippen molar-refractivity contribution in [1.82, 2.24) is 14.9 Å². The summed E-state index contributed by atoms with van der Waals surface area (Å²) < 4.78 is 10.9. The normalized spacial score (nSPS) is 13.7. The summed E-state index contributed by atoms with van der Waals surface area (Å²) in [5.74, 6) is 2.31. The zero-order chi connectivity index (χ0) is 27.2. The van der Waals surface area contributed by atoms with E-state index in [1.807, 2.05) is 32.0 Å². The molecule has 1 aliphatic rings. The van der Waals surface area contributed by atoms with Crippen LogP contribution in [0.5, 0.6) is 11.5 Å². The highest BCUT2D eigenvalue weighted by atomic mass is 16.5. The third-order valence-electron chi connectivity index (χ3n) is 7.05. The van der Waals surface area contributed by atoms with E-state index in [4.69, 9.17) is 9.47 Å². The maximum atomic E-state index is 13.2. The molecule has 0 radical (unpaired) electrons. The van der Waals surface area contributed by atoms with Crippen molar-refractivity contribution in [2.45, 2.75) is 20.8 Å². The quantitative estimate of drug-likeness (QED) is 0.444. The topological polar surface area (TPSA) is 95.1 Å². The molecule has 0 bridgehead atoms. The number of anilines is 5. The van der Waals surface area contributed by atoms with E-state index in [2.05, 4.69) is 49.5 Å². The molecule has 202 valence electrons. The van der Waals surface area contributed by atoms with Crippen LogP contribution >= 0.6 is 0 Å². The number of piperazine rings is 1. The zero-order valence-electron chi connectivity index (χ0n) is 23.0. The Morgan fingerprint density at radius 2 is 1.61 bits per heavy atom. The number of ether oxygens (including phenoxy) is 2. The van der Waals surface area contributed by atoms with Crippen molar-refractivity contribution < 1.29 is 14.3 Å². The molecule has 38 heavy (non-hydrogen) atoms. The second-order valence-electron chi connectivity index (χ2n) is 9.25. The first-order chi connectivity index (χ1) is 18.3. The number of nitrogens with zero attached hydrogens (tertiary/aromatic N) is 5. The molecular formula is C28H37N7O3. The van der Waals surface area contributed by atoms with Gasteiger partial charge in [-0.05, 0) is 44.7 Å². The number of carbonyl (C=O) groups is 1. The van der Waals surface area contributed by atoms with Gasteiger partial charge in [-0.25, -0.2) is 14.8 Å². The van der Waals surface area contributed by atoms with E-state index in [1.54, 1.807) is 27.3 Å². The first-order valence-electron chi connectivity index (χ1n) is 12.8. The molecular weight excluding hydrogens is 482 g/mol. The Hall–Kier alpha value is -4.05. The first kappa shape index (κ1) is 27.0. The van der Waals surface area contributed by atoms with E-state index >= 15 is 0 Å². The number of methoxy groups -OCH3 is 2. The smallest absolute Gasteiger partial charge is 0.327 e. The van der Waals surface area contributed by atoms with Crippen LogP contribution in [0.25, 0.3) is 0 Å². The average Bonchev–Trinajstić information content (AvgIpc) is 2.95. The Kier molecular flexibility index (Phi) is 8.52. The van der Waals surface area contributed by atoms with Crippen LogP contribution in [0.4, 0.5) is 33.5 Å². The number of hydrogen-bond donors (Lipinski definition) is 2. The van der Waals surface area contributed by atoms with E-state index in [0.717, 1.165) is 49.5 Å². The van der Waals surface area contributed by atoms with Gasteiger partial charge in [-0.15, -0.1) is 0 Å². The Bertz CT molecular complexity index is 1230. The molecule has 2 N–H and O–H groups in total. The number of likely N-dealkylation sites (N-methyl/N-ethyl adjacent to an activating group) is 1. The molecule has 1 fully saturated rings. The first-order valence-corrected chi connectivity index (χ1v) is 12.8. The minimum absolute atomic E-state index is 0.344. The lowest BCUT2D eigenvalue weighted by Gasteiger charge is -2.35. The van der Waals surface area contributed by atoms with Gasteiger partial charge in [0, 0.05) is 67.9 Å². The average molecular weight is 520 g/mol. The zero-order valence-corrected chi connectivity index (χ0v) is 23.0. The third kappa shape index (κ3) is 5.91. The van der Waals surface area contributed by atoms with Crippen molar-refractivity contribution in [1.29, 1.82) is 0 Å². The highest BCUT2D eigenvalue weighted by Crippen LogP contribution is 2.36. The SMILES string of the molecule is CCN1CCN(c2ccc(Nc3cc(N(C)C(=O)Nc4c(C)c(OC)cc(OC)c4C)ncn3)cc2)CC1. The Labute approximate surface area is 224 Å². The number of nitrogens with one attached hydrogen (secondary N) is 2. The molecule has 4 rings (SSSR count). The molecule has 1 saturated heterocycles. The molecule has 3 aromatic rings. The van der Waals surface area contributed by atoms with Gasteiger partial charge in [-0.2, -0.15) is 0 Å². The summed E-state index contributed by atoms with van der Waals surface area (Å²) in [5, 5.41) is 6.29. The Balaban J connectivity index is 1.44. The second kappa shape index (κ2) is 12.0. The summed E-state index contributed by atoms with van der Waals surface area (Å²) in [4.78, 5) is 28.1. The third-order valence-corrected chi connectivity index (χ3v) is 7.05. The van der Waals surface area contributed by atoms with Crippen LogP contribution in [0.1, 0.15) is 18.1 Å². The lowest BCUT2D eigenvalue weighted by atomic mass is 10.1. The van der Waals surface area contributed by atoms with Crippen LogP contribution in [-0.4, -0.2) is 74.9 Å². The largest absolute Gasteiger partial charge is 0.496 e. The minimum atomic E-state index is -0.344. The van der Waals surface area contributed by atoms with Crippen LogP contribution in [0.3, 0.4) is 0 Å². The summed E-state index contributed by atoms with van der Waals surface area (Å²) >= 11 is 0. The second-order valence-corrected chi connectivity index (χ2v) is 9.25. The van der Waals surface area contributed by atoms with Gasteiger partial charge < -0.3 is 29.9 Å². The fraction of sp³-hybridized carbons (Fsp3) is 0.393. The molecule has 10 nitrogen and oxygen atoms in total. The van der Waals surface area contributed by atoms with Gasteiger partial charge in [0.2, 0.25) is 0 Å². The van der Waals surface area contributed by atoms with Gasteiger partial charge in [0.05, 0.1) is 19.9 Å². The predicted molar refractivity (Wildman–Crippen MR) is 153 cm³/mol. The van der Waals surface area contributed by atoms with Gasteiger partial charge in [-0.1, -0.05) is 6.92 Å². The maximum absolute atomic E-state index is 13.2. The number of carbonyl (C=O) groups excluding carboxylic acids is 1. The molecule has 0 aliphatic carbocycles. The molecule has 2 aromatic carbocycles. The summed E-state index contributed by atoms with van der Waals surface area (Å²) in [7, 11) is 4.84. The van der Waals surface area contributed by atoms with Gasteiger partial charge in [-0.3, -0.25) is 4.90 Å². The van der Waals surface area contributed by atoms with Crippen molar-refractivity contribution in [3.8, 4) is 11.5 Å². The Morgan fingerprint density at radius 3 is 2.18 bits per heavy atom. The number of hydrogen-bond acceptors (Lipinski definition) is 8. The number of aromatic nitrogens is 2. The van der Waals surface area contributed by atoms with Crippen molar-refractivity contribution >= 4 is 34.7 Å². The molecule has 10 heteroatoms. The molecule has 1 aliphatic heterocycles. The Morgan fingerprint density at radius 1 is 0.974 bits per heavy atom. The summed E-state index contributed by atoms with van der Waals surface area (Å²) in [6.45, 7) is 11.3. The van der Waals surface area contributed by atoms with Gasteiger partial charge in [0.25, 0.3) is 0 Å². The van der Waals surface area contributed by atoms with Crippen LogP contribution in [-0.2, 0) is 0 Å². The minimum Gasteiger partial charge on any atom is -0.496 e. The lowest BCUT2D eigenvalue weighted by molar-refractivity contribution is 0.258. The lowest BCUT2D eigenvalue weighted by Crippen LogP contribution is -2.46. The van der Waals surface area contributed by atoms with Crippen molar-refractivity contribution in [3.63, 3.8) is 0 Å². The number of urea groups is 1. The van der Waals surface area contributed by atoms with E-state index in [1.165, 1.54) is 16.9 Å². The number of amides is 2. The van der Waals surface area contributed by atoms with Crippen LogP contribution in [0, 0.1) is 13.8 Å². The number of rotatable bonds is 8. The van der Waals surface area contributed by atoms with Crippen molar-refractivity contribution in [3.05, 3.63) is 53.9 Å². The van der Waals surface area contributed by atoms with Crippen molar-refractivity contribution in [2.24, 2.45) is 0 Å². The summed E-state index contributed by atoms with van der Waals surface area (Å²) in [5.41, 5.74) is 4.39. The standard InChI is InChI=1S/C28H37N7O3/c1-7-34-12-14-35(15-13-34)22-10-8-21(9-11-22)31-25-17-26(30-18-29-25)33(4)28(36)32-27-19(2)23(37-5)16-24(38-6)20(27)3/h8-11,16-18H,7,12-15H2,1-6H3,(H,32,36)(H,29,30,31). The van der Waals surface area contributed by atoms with Crippen LogP contribution in [0.2, 0.25) is 0 Å². The predicted octanol–water partition coefficient (Wildman–Crippen LogP) is 4.66. The van der Waals surface area contributed by atoms with E-state index in [9.17, 15) is 4.79 Å². The van der Waals surface area contributed by atoms with Gasteiger partial charge in [0.1, 0.15) is 29.5 Å². The molecule has 0 spiro atoms. The fourth-order valence-corrected chi connectivity index (χ4v) is 4.59. The number of benzene rings is 2. The molecule has 1 aromatic heterocycles. The summed E-state index contributed by atoms with van der Waals surface area (Å²) in [6, 6.07) is 11.5. The fourth-order valence-electron chi connectivity index (χ4n) is 4.59. The highest BCUT2D eigenvalue weighted by molar-refractivity contribution is 6.02. The monoisotopic (exact) mass is 519 g/mol. The molecule has 0 atom stereocenters. The van der Waals surface area contributed by atoms with Gasteiger partial charge in [0.15, 0.2) is 0 Å². The summed E-state index contributed by atoms with van der Waals surface area (Å²) in [6.07, 6.45) is 1.44.